The van der Waals surface area contributed by atoms with E-state index in [1.54, 1.807) is 18.7 Å². The Labute approximate surface area is 185 Å². The summed E-state index contributed by atoms with van der Waals surface area (Å²) >= 11 is 0. The van der Waals surface area contributed by atoms with Crippen molar-refractivity contribution in [1.82, 2.24) is 19.8 Å². The normalized spacial score (nSPS) is 16.2. The first-order chi connectivity index (χ1) is 14.4. The molecule has 2 unspecified atom stereocenters. The van der Waals surface area contributed by atoms with Gasteiger partial charge < -0.3 is 36.0 Å². The highest BCUT2D eigenvalue weighted by atomic mass is 32.2. The molecule has 188 valence electrons. The van der Waals surface area contributed by atoms with Crippen LogP contribution >= 0.6 is 0 Å². The van der Waals surface area contributed by atoms with Crippen LogP contribution < -0.4 is 0 Å². The molecule has 2 atom stereocenters. The fourth-order valence-corrected chi connectivity index (χ4v) is 2.99. The van der Waals surface area contributed by atoms with Crippen LogP contribution in [-0.4, -0.2) is 140 Å². The third-order valence-electron chi connectivity index (χ3n) is 3.81. The maximum absolute atomic E-state index is 10.6. The number of rotatable bonds is 9. The Kier molecular flexibility index (Phi) is 17.4. The number of piperazine rings is 1. The molecular weight excluding hydrogens is 456 g/mol. The number of hydrogen-bond acceptors (Lipinski definition) is 10. The van der Waals surface area contributed by atoms with E-state index in [4.69, 9.17) is 25.0 Å². The summed E-state index contributed by atoms with van der Waals surface area (Å²) in [6, 6.07) is 0. The summed E-state index contributed by atoms with van der Waals surface area (Å²) in [5, 5.41) is 42.4. The molecule has 1 aliphatic heterocycles. The van der Waals surface area contributed by atoms with Gasteiger partial charge in [0.05, 0.1) is 25.5 Å². The molecule has 16 heteroatoms. The van der Waals surface area contributed by atoms with Crippen molar-refractivity contribution in [3.05, 3.63) is 18.7 Å². The summed E-state index contributed by atoms with van der Waals surface area (Å²) in [5.74, 6) is -3.47. The van der Waals surface area contributed by atoms with E-state index in [0.717, 1.165) is 26.2 Å². The summed E-state index contributed by atoms with van der Waals surface area (Å²) in [7, 11) is -4.11. The maximum Gasteiger partial charge on any atom is 0.333 e. The average molecular weight is 489 g/mol. The van der Waals surface area contributed by atoms with E-state index in [2.05, 4.69) is 14.9 Å². The molecule has 0 radical (unpaired) electrons. The topological polar surface area (TPSA) is 256 Å². The number of aliphatic hydroxyl groups is 3. The van der Waals surface area contributed by atoms with Gasteiger partial charge in [0.25, 0.3) is 10.1 Å². The van der Waals surface area contributed by atoms with Crippen molar-refractivity contribution >= 4 is 22.1 Å². The number of nitrogens with zero attached hydrogens (tertiary/aromatic N) is 3. The highest BCUT2D eigenvalue weighted by Gasteiger charge is 2.21. The van der Waals surface area contributed by atoms with Gasteiger partial charge >= 0.3 is 11.9 Å². The number of aliphatic hydroxyl groups excluding tert-OH is 3. The Morgan fingerprint density at radius 3 is 1.97 bits per heavy atom. The van der Waals surface area contributed by atoms with Crippen molar-refractivity contribution in [3.8, 4) is 0 Å². The van der Waals surface area contributed by atoms with Crippen molar-refractivity contribution in [2.24, 2.45) is 0 Å². The van der Waals surface area contributed by atoms with Crippen molar-refractivity contribution in [1.29, 1.82) is 0 Å². The Bertz CT molecular complexity index is 692. The number of carbonyl (C=O) groups is 2. The van der Waals surface area contributed by atoms with Crippen LogP contribution in [0.1, 0.15) is 6.42 Å². The number of hydrogen-bond donors (Lipinski definition) is 7. The van der Waals surface area contributed by atoms with Crippen LogP contribution in [0.15, 0.2) is 18.7 Å². The molecule has 9 N–H and O–H groups in total. The smallest absolute Gasteiger partial charge is 0.333 e. The van der Waals surface area contributed by atoms with Crippen LogP contribution in [0.25, 0.3) is 0 Å². The molecule has 0 amide bonds. The molecule has 1 aromatic rings. The monoisotopic (exact) mass is 488 g/mol. The van der Waals surface area contributed by atoms with Crippen molar-refractivity contribution < 1.29 is 53.6 Å². The lowest BCUT2D eigenvalue weighted by Crippen LogP contribution is -2.49. The molecule has 0 bridgehead atoms. The van der Waals surface area contributed by atoms with Crippen LogP contribution in [0.3, 0.4) is 0 Å². The van der Waals surface area contributed by atoms with Gasteiger partial charge in [0, 0.05) is 51.7 Å². The number of aromatic nitrogens is 2. The zero-order valence-corrected chi connectivity index (χ0v) is 18.1. The van der Waals surface area contributed by atoms with Crippen LogP contribution in [0.5, 0.6) is 0 Å². The molecule has 2 heterocycles. The second-order valence-corrected chi connectivity index (χ2v) is 7.98. The summed E-state index contributed by atoms with van der Waals surface area (Å²) in [4.78, 5) is 29.9. The second-order valence-electron chi connectivity index (χ2n) is 6.48. The molecule has 0 spiro atoms. The first-order valence-electron chi connectivity index (χ1n) is 9.18. The fourth-order valence-electron chi connectivity index (χ4n) is 2.40. The minimum Gasteiger partial charge on any atom is -0.481 e. The van der Waals surface area contributed by atoms with E-state index in [1.165, 1.54) is 0 Å². The average Bonchev–Trinajstić information content (AvgIpc) is 3.22. The third-order valence-corrected chi connectivity index (χ3v) is 4.62. The second kappa shape index (κ2) is 17.4. The van der Waals surface area contributed by atoms with Crippen LogP contribution in [0, 0.1) is 0 Å². The summed E-state index contributed by atoms with van der Waals surface area (Å²) in [5.41, 5.74) is 0. The molecule has 0 saturated carbocycles. The van der Waals surface area contributed by atoms with Gasteiger partial charge in [0.2, 0.25) is 0 Å². The van der Waals surface area contributed by atoms with Gasteiger partial charge in [-0.25, -0.2) is 9.78 Å². The van der Waals surface area contributed by atoms with Crippen LogP contribution in [0.4, 0.5) is 0 Å². The van der Waals surface area contributed by atoms with E-state index in [9.17, 15) is 23.1 Å². The fraction of sp³-hybridized carbons (Fsp3) is 0.688. The number of β-amino-alcohol motifs (C(OH)–C–C–N with tert-alkyl or cyclic N) is 2. The van der Waals surface area contributed by atoms with Crippen LogP contribution in [0.2, 0.25) is 0 Å². The highest BCUT2D eigenvalue weighted by molar-refractivity contribution is 7.85. The van der Waals surface area contributed by atoms with Gasteiger partial charge in [-0.1, -0.05) is 0 Å². The number of imidazole rings is 1. The summed E-state index contributed by atoms with van der Waals surface area (Å²) in [6.45, 7) is 4.04. The zero-order chi connectivity index (χ0) is 23.9. The third kappa shape index (κ3) is 18.6. The number of H-pyrrole nitrogens is 1. The Balaban J connectivity index is 0. The number of carboxylic acids is 2. The van der Waals surface area contributed by atoms with Gasteiger partial charge in [-0.3, -0.25) is 19.1 Å². The van der Waals surface area contributed by atoms with Gasteiger partial charge in [-0.2, -0.15) is 8.42 Å². The number of aliphatic carboxylic acids is 2. The van der Waals surface area contributed by atoms with Crippen molar-refractivity contribution in [3.63, 3.8) is 0 Å². The number of carboxylic acid groups (broad SMARTS) is 2. The minimum atomic E-state index is -4.11. The molecule has 2 rings (SSSR count). The SMILES string of the molecule is O.O=C(O)CC(O)C(=O)O.O=S(=O)(O)CC(O)CN1CCN(CCO)CC1.c1c[nH]cn1. The van der Waals surface area contributed by atoms with Gasteiger partial charge in [-0.05, 0) is 0 Å². The predicted octanol–water partition coefficient (Wildman–Crippen LogP) is -3.66. The van der Waals surface area contributed by atoms with Crippen LogP contribution in [-0.2, 0) is 19.7 Å². The first kappa shape index (κ1) is 32.0. The van der Waals surface area contributed by atoms with E-state index in [-0.39, 0.29) is 18.6 Å². The van der Waals surface area contributed by atoms with E-state index in [0.29, 0.717) is 6.54 Å². The van der Waals surface area contributed by atoms with E-state index < -0.39 is 46.4 Å². The van der Waals surface area contributed by atoms with Gasteiger partial charge in [-0.15, -0.1) is 0 Å². The highest BCUT2D eigenvalue weighted by Crippen LogP contribution is 2.03. The molecular formula is C16H32N4O11S. The molecule has 0 aliphatic carbocycles. The quantitative estimate of drug-likeness (QED) is 0.166. The lowest BCUT2D eigenvalue weighted by atomic mass is 10.3. The number of aromatic amines is 1. The Morgan fingerprint density at radius 2 is 1.66 bits per heavy atom. The molecule has 1 aliphatic rings. The zero-order valence-electron chi connectivity index (χ0n) is 17.3. The Morgan fingerprint density at radius 1 is 1.09 bits per heavy atom. The molecule has 1 aromatic heterocycles. The van der Waals surface area contributed by atoms with Gasteiger partial charge in [0.1, 0.15) is 5.75 Å². The summed E-state index contributed by atoms with van der Waals surface area (Å²) in [6.07, 6.45) is 1.48. The number of nitrogens with one attached hydrogen (secondary N) is 1. The lowest BCUT2D eigenvalue weighted by Gasteiger charge is -2.35. The maximum atomic E-state index is 10.6. The molecule has 32 heavy (non-hydrogen) atoms. The largest absolute Gasteiger partial charge is 0.481 e. The van der Waals surface area contributed by atoms with Crippen molar-refractivity contribution in [2.75, 3.05) is 51.6 Å². The summed E-state index contributed by atoms with van der Waals surface area (Å²) < 4.78 is 29.7. The molecule has 0 aromatic carbocycles. The van der Waals surface area contributed by atoms with Gasteiger partial charge in [0.15, 0.2) is 6.10 Å². The molecule has 1 fully saturated rings. The molecule has 15 nitrogen and oxygen atoms in total. The lowest BCUT2D eigenvalue weighted by molar-refractivity contribution is -0.152. The molecule has 1 saturated heterocycles. The van der Waals surface area contributed by atoms with E-state index >= 15 is 0 Å². The van der Waals surface area contributed by atoms with Crippen molar-refractivity contribution in [2.45, 2.75) is 18.6 Å². The predicted molar refractivity (Wildman–Crippen MR) is 110 cm³/mol. The van der Waals surface area contributed by atoms with E-state index in [1.807, 2.05) is 4.90 Å². The minimum absolute atomic E-state index is 0. The Hall–Kier alpha value is -2.18. The standard InChI is InChI=1S/C9H20N2O5S.C4H6O5.C3H4N2.H2O/c12-6-5-10-1-3-11(4-2-10)7-9(13)8-17(14,15)16;5-2(4(8)9)1-3(6)7;1-2-5-3-4-1;/h9,12-13H,1-8H2,(H,14,15,16);2,5H,1H2,(H,6,7)(H,8,9);1-3H,(H,4,5);1H2. The first-order valence-corrected chi connectivity index (χ1v) is 10.8.